The summed E-state index contributed by atoms with van der Waals surface area (Å²) in [6.45, 7) is 2.03. The molecule has 1 unspecified atom stereocenters. The third kappa shape index (κ3) is 4.62. The van der Waals surface area contributed by atoms with E-state index in [4.69, 9.17) is 0 Å². The Labute approximate surface area is 182 Å². The molecule has 0 saturated carbocycles. The van der Waals surface area contributed by atoms with Gasteiger partial charge in [-0.1, -0.05) is 24.3 Å². The van der Waals surface area contributed by atoms with Gasteiger partial charge in [0.15, 0.2) is 0 Å². The number of benzene rings is 1. The number of carbonyl (C=O) groups excluding carboxylic acids is 2. The molecule has 2 amide bonds. The Hall–Kier alpha value is -2.78. The van der Waals surface area contributed by atoms with Gasteiger partial charge < -0.3 is 9.80 Å². The van der Waals surface area contributed by atoms with Crippen molar-refractivity contribution in [1.82, 2.24) is 19.1 Å². The lowest BCUT2D eigenvalue weighted by atomic mass is 10.1. The molecular formula is C22H26N4O4S. The summed E-state index contributed by atoms with van der Waals surface area (Å²) in [5.41, 5.74) is 0.721. The molecule has 4 rings (SSSR count). The fourth-order valence-corrected chi connectivity index (χ4v) is 5.83. The Bertz CT molecular complexity index is 1020. The van der Waals surface area contributed by atoms with Crippen LogP contribution in [0.3, 0.4) is 0 Å². The highest BCUT2D eigenvalue weighted by Gasteiger charge is 2.41. The largest absolute Gasteiger partial charge is 0.339 e. The summed E-state index contributed by atoms with van der Waals surface area (Å²) < 4.78 is 27.4. The minimum Gasteiger partial charge on any atom is -0.339 e. The third-order valence-electron chi connectivity index (χ3n) is 5.84. The first-order chi connectivity index (χ1) is 15.0. The molecule has 9 heteroatoms. The van der Waals surface area contributed by atoms with Crippen molar-refractivity contribution in [2.45, 2.75) is 30.2 Å². The predicted molar refractivity (Wildman–Crippen MR) is 114 cm³/mol. The fraction of sp³-hybridized carbons (Fsp3) is 0.409. The number of carbonyl (C=O) groups is 2. The average Bonchev–Trinajstić information content (AvgIpc) is 3.31. The SMILES string of the molecule is O=C(Cc1ccccn1)N1CCN(C(=O)C2CCCN2S(=O)(=O)c2ccccc2)CC1. The molecule has 1 aromatic carbocycles. The number of rotatable bonds is 5. The van der Waals surface area contributed by atoms with Gasteiger partial charge in [0.1, 0.15) is 6.04 Å². The number of hydrogen-bond donors (Lipinski definition) is 0. The average molecular weight is 443 g/mol. The number of amides is 2. The van der Waals surface area contributed by atoms with Gasteiger partial charge in [-0.15, -0.1) is 0 Å². The molecule has 0 aliphatic carbocycles. The van der Waals surface area contributed by atoms with Crippen LogP contribution in [0.1, 0.15) is 18.5 Å². The molecule has 2 fully saturated rings. The van der Waals surface area contributed by atoms with Crippen molar-refractivity contribution in [2.75, 3.05) is 32.7 Å². The number of aromatic nitrogens is 1. The van der Waals surface area contributed by atoms with Crippen LogP contribution in [-0.2, 0) is 26.0 Å². The molecule has 2 aliphatic rings. The lowest BCUT2D eigenvalue weighted by Crippen LogP contribution is -2.55. The molecule has 2 aliphatic heterocycles. The zero-order valence-corrected chi connectivity index (χ0v) is 18.1. The maximum absolute atomic E-state index is 13.2. The Balaban J connectivity index is 1.37. The van der Waals surface area contributed by atoms with Crippen molar-refractivity contribution in [3.63, 3.8) is 0 Å². The van der Waals surface area contributed by atoms with E-state index in [0.717, 1.165) is 5.69 Å². The second kappa shape index (κ2) is 9.15. The highest BCUT2D eigenvalue weighted by atomic mass is 32.2. The quantitative estimate of drug-likeness (QED) is 0.693. The molecule has 2 aromatic rings. The summed E-state index contributed by atoms with van der Waals surface area (Å²) in [4.78, 5) is 33.5. The number of hydrogen-bond acceptors (Lipinski definition) is 5. The maximum Gasteiger partial charge on any atom is 0.243 e. The second-order valence-electron chi connectivity index (χ2n) is 7.79. The highest BCUT2D eigenvalue weighted by Crippen LogP contribution is 2.27. The standard InChI is InChI=1S/C22H26N4O4S/c27-21(17-18-7-4-5-11-23-18)24-13-15-25(16-14-24)22(28)20-10-6-12-26(20)31(29,30)19-8-2-1-3-9-19/h1-5,7-9,11,20H,6,10,12-17H2. The first kappa shape index (κ1) is 21.5. The number of piperazine rings is 1. The van der Waals surface area contributed by atoms with Gasteiger partial charge in [-0.2, -0.15) is 4.31 Å². The van der Waals surface area contributed by atoms with E-state index >= 15 is 0 Å². The van der Waals surface area contributed by atoms with E-state index in [0.29, 0.717) is 45.6 Å². The number of nitrogens with zero attached hydrogens (tertiary/aromatic N) is 4. The first-order valence-corrected chi connectivity index (χ1v) is 11.9. The van der Waals surface area contributed by atoms with E-state index in [-0.39, 0.29) is 23.1 Å². The molecule has 8 nitrogen and oxygen atoms in total. The van der Waals surface area contributed by atoms with Crippen LogP contribution in [0, 0.1) is 0 Å². The normalized spacial score (nSPS) is 20.1. The highest BCUT2D eigenvalue weighted by molar-refractivity contribution is 7.89. The lowest BCUT2D eigenvalue weighted by molar-refractivity contribution is -0.141. The van der Waals surface area contributed by atoms with E-state index in [1.165, 1.54) is 4.31 Å². The molecule has 3 heterocycles. The Kier molecular flexibility index (Phi) is 6.33. The molecule has 0 radical (unpaired) electrons. The van der Waals surface area contributed by atoms with E-state index < -0.39 is 16.1 Å². The molecule has 1 aromatic heterocycles. The summed E-state index contributed by atoms with van der Waals surface area (Å²) in [6.07, 6.45) is 3.07. The monoisotopic (exact) mass is 442 g/mol. The van der Waals surface area contributed by atoms with Crippen molar-refractivity contribution < 1.29 is 18.0 Å². The molecule has 0 spiro atoms. The van der Waals surface area contributed by atoms with Crippen LogP contribution in [0.5, 0.6) is 0 Å². The van der Waals surface area contributed by atoms with Crippen LogP contribution < -0.4 is 0 Å². The predicted octanol–water partition coefficient (Wildman–Crippen LogP) is 1.15. The Morgan fingerprint density at radius 3 is 2.26 bits per heavy atom. The molecule has 1 atom stereocenters. The third-order valence-corrected chi connectivity index (χ3v) is 7.76. The zero-order valence-electron chi connectivity index (χ0n) is 17.3. The lowest BCUT2D eigenvalue weighted by Gasteiger charge is -2.37. The summed E-state index contributed by atoms with van der Waals surface area (Å²) in [7, 11) is -3.72. The number of pyridine rings is 1. The summed E-state index contributed by atoms with van der Waals surface area (Å²) in [5.74, 6) is -0.186. The summed E-state index contributed by atoms with van der Waals surface area (Å²) >= 11 is 0. The van der Waals surface area contributed by atoms with Crippen molar-refractivity contribution in [1.29, 1.82) is 0 Å². The molecule has 0 N–H and O–H groups in total. The van der Waals surface area contributed by atoms with Gasteiger partial charge in [0, 0.05) is 44.6 Å². The van der Waals surface area contributed by atoms with E-state index in [1.807, 2.05) is 18.2 Å². The van der Waals surface area contributed by atoms with Crippen molar-refractivity contribution in [3.05, 3.63) is 60.4 Å². The van der Waals surface area contributed by atoms with Crippen LogP contribution in [0.15, 0.2) is 59.6 Å². The maximum atomic E-state index is 13.2. The first-order valence-electron chi connectivity index (χ1n) is 10.5. The smallest absolute Gasteiger partial charge is 0.243 e. The second-order valence-corrected chi connectivity index (χ2v) is 9.68. The van der Waals surface area contributed by atoms with Gasteiger partial charge in [-0.05, 0) is 37.1 Å². The Morgan fingerprint density at radius 1 is 0.903 bits per heavy atom. The molecular weight excluding hydrogens is 416 g/mol. The van der Waals surface area contributed by atoms with Crippen molar-refractivity contribution >= 4 is 21.8 Å². The minimum absolute atomic E-state index is 0.0139. The summed E-state index contributed by atoms with van der Waals surface area (Å²) in [6, 6.07) is 13.0. The van der Waals surface area contributed by atoms with E-state index in [1.54, 1.807) is 46.3 Å². The zero-order chi connectivity index (χ0) is 21.8. The Morgan fingerprint density at radius 2 is 1.58 bits per heavy atom. The van der Waals surface area contributed by atoms with Crippen LogP contribution >= 0.6 is 0 Å². The van der Waals surface area contributed by atoms with Gasteiger partial charge in [-0.3, -0.25) is 14.6 Å². The van der Waals surface area contributed by atoms with Gasteiger partial charge in [0.05, 0.1) is 11.3 Å². The van der Waals surface area contributed by atoms with Gasteiger partial charge in [0.25, 0.3) is 0 Å². The van der Waals surface area contributed by atoms with Gasteiger partial charge >= 0.3 is 0 Å². The summed E-state index contributed by atoms with van der Waals surface area (Å²) in [5, 5.41) is 0. The van der Waals surface area contributed by atoms with Crippen LogP contribution in [-0.4, -0.2) is 78.1 Å². The van der Waals surface area contributed by atoms with E-state index in [9.17, 15) is 18.0 Å². The minimum atomic E-state index is -3.72. The van der Waals surface area contributed by atoms with Gasteiger partial charge in [-0.25, -0.2) is 8.42 Å². The molecule has 0 bridgehead atoms. The fourth-order valence-electron chi connectivity index (χ4n) is 4.16. The topological polar surface area (TPSA) is 90.9 Å². The van der Waals surface area contributed by atoms with Crippen LogP contribution in [0.25, 0.3) is 0 Å². The van der Waals surface area contributed by atoms with Crippen molar-refractivity contribution in [3.8, 4) is 0 Å². The molecule has 2 saturated heterocycles. The van der Waals surface area contributed by atoms with Crippen LogP contribution in [0.2, 0.25) is 0 Å². The van der Waals surface area contributed by atoms with Crippen molar-refractivity contribution in [2.24, 2.45) is 0 Å². The van der Waals surface area contributed by atoms with E-state index in [2.05, 4.69) is 4.98 Å². The molecule has 31 heavy (non-hydrogen) atoms. The van der Waals surface area contributed by atoms with Crippen LogP contribution in [0.4, 0.5) is 0 Å². The van der Waals surface area contributed by atoms with Gasteiger partial charge in [0.2, 0.25) is 21.8 Å². The number of sulfonamides is 1. The molecule has 164 valence electrons.